The second-order valence-electron chi connectivity index (χ2n) is 12.2. The molecule has 7 rings (SSSR count). The number of carboxylic acids is 1. The molecule has 0 bridgehead atoms. The zero-order chi connectivity index (χ0) is 37.7. The third-order valence-corrected chi connectivity index (χ3v) is 12.0. The summed E-state index contributed by atoms with van der Waals surface area (Å²) in [7, 11) is 3.23. The van der Waals surface area contributed by atoms with E-state index in [9.17, 15) is 19.5 Å². The lowest BCUT2D eigenvalue weighted by Crippen LogP contribution is -2.71. The number of β-lactam (4-membered cyclic amide) rings is 1. The van der Waals surface area contributed by atoms with E-state index in [1.807, 2.05) is 90.6 Å². The summed E-state index contributed by atoms with van der Waals surface area (Å²) in [5, 5.41) is 27.1. The molecule has 1 unspecified atom stereocenters. The lowest BCUT2D eigenvalue weighted by Gasteiger charge is -2.50. The zero-order valence-electron chi connectivity index (χ0n) is 29.1. The highest BCUT2D eigenvalue weighted by Gasteiger charge is 2.53. The lowest BCUT2D eigenvalue weighted by molar-refractivity contribution is -0.708. The summed E-state index contributed by atoms with van der Waals surface area (Å²) in [6.45, 7) is 0. The van der Waals surface area contributed by atoms with Gasteiger partial charge in [-0.25, -0.2) is 4.98 Å². The Morgan fingerprint density at radius 2 is 1.59 bits per heavy atom. The summed E-state index contributed by atoms with van der Waals surface area (Å²) in [5.41, 5.74) is 2.43. The molecule has 2 atom stereocenters. The van der Waals surface area contributed by atoms with E-state index >= 15 is 0 Å². The highest BCUT2D eigenvalue weighted by Crippen LogP contribution is 2.42. The van der Waals surface area contributed by atoms with E-state index in [0.717, 1.165) is 21.7 Å². The third kappa shape index (κ3) is 7.15. The molecule has 0 aliphatic carbocycles. The Bertz CT molecular complexity index is 2170. The van der Waals surface area contributed by atoms with Crippen LogP contribution in [0.15, 0.2) is 154 Å². The average Bonchev–Trinajstić information content (AvgIpc) is 3.67. The summed E-state index contributed by atoms with van der Waals surface area (Å²) in [5.74, 6) is -2.42. The Labute approximate surface area is 324 Å². The van der Waals surface area contributed by atoms with Gasteiger partial charge in [-0.1, -0.05) is 96.2 Å². The number of nitrogens with zero attached hydrogens (tertiary/aromatic N) is 4. The van der Waals surface area contributed by atoms with Gasteiger partial charge in [-0.05, 0) is 51.6 Å². The standard InChI is InChI=1S/C40H34N6O5S3/c1-45-22-13-12-20-31(45)52-23-21-26-24-53-37-33(36(48)46(37)34(26)38(49)50)42-35(47)32(44-51-2)30-25-54-39(41-30)43-40(27-14-6-3-7-15-27,28-16-8-4-9-17-28)29-18-10-5-11-19-29/h3-23,25,33,37H,24H2,1-2H3,(H2-,41,42,43,47,49,50)/t33?,37-/m1/s1. The third-order valence-electron chi connectivity index (χ3n) is 9.00. The number of oxime groups is 1. The molecule has 54 heavy (non-hydrogen) atoms. The van der Waals surface area contributed by atoms with Gasteiger partial charge in [0.15, 0.2) is 17.0 Å². The first kappa shape index (κ1) is 36.6. The SMILES string of the molecule is CON=C(C(=O)NC1C(=O)N2C(C(=O)[O-])=C(C=CSc3cccc[n+]3C)CS[C@H]12)c1csc(NC(c2ccccc2)(c2ccccc2)c2ccccc2)n1. The van der Waals surface area contributed by atoms with E-state index in [-0.39, 0.29) is 17.1 Å². The normalized spacial score (nSPS) is 17.2. The van der Waals surface area contributed by atoms with E-state index in [1.165, 1.54) is 46.9 Å². The Morgan fingerprint density at radius 3 is 2.17 bits per heavy atom. The van der Waals surface area contributed by atoms with E-state index in [2.05, 4.69) is 52.2 Å². The number of pyridine rings is 1. The maximum absolute atomic E-state index is 13.8. The van der Waals surface area contributed by atoms with Gasteiger partial charge in [0, 0.05) is 23.3 Å². The van der Waals surface area contributed by atoms with Crippen molar-refractivity contribution in [3.63, 3.8) is 0 Å². The molecule has 272 valence electrons. The van der Waals surface area contributed by atoms with Crippen molar-refractivity contribution in [2.24, 2.45) is 12.2 Å². The molecule has 2 amide bonds. The Hall–Kier alpha value is -5.70. The number of fused-ring (bicyclic) bond motifs is 1. The number of carbonyl (C=O) groups excluding carboxylic acids is 3. The van der Waals surface area contributed by atoms with Gasteiger partial charge in [0.05, 0.1) is 11.7 Å². The fraction of sp³-hybridized carbons (Fsp3) is 0.150. The first-order valence-corrected chi connectivity index (χ1v) is 19.6. The zero-order valence-corrected chi connectivity index (χ0v) is 31.6. The van der Waals surface area contributed by atoms with Gasteiger partial charge in [-0.15, -0.1) is 23.1 Å². The number of thiazole rings is 1. The van der Waals surface area contributed by atoms with Crippen LogP contribution in [0.25, 0.3) is 0 Å². The van der Waals surface area contributed by atoms with Crippen LogP contribution in [0.3, 0.4) is 0 Å². The summed E-state index contributed by atoms with van der Waals surface area (Å²) in [4.78, 5) is 50.6. The summed E-state index contributed by atoms with van der Waals surface area (Å²) >= 11 is 4.07. The molecular formula is C40H34N6O5S3. The molecule has 11 nitrogen and oxygen atoms in total. The van der Waals surface area contributed by atoms with Gasteiger partial charge in [0.25, 0.3) is 11.8 Å². The molecule has 0 saturated carbocycles. The largest absolute Gasteiger partial charge is 0.543 e. The predicted octanol–water partition coefficient (Wildman–Crippen LogP) is 4.43. The van der Waals surface area contributed by atoms with Gasteiger partial charge in [0.2, 0.25) is 5.03 Å². The fourth-order valence-corrected chi connectivity index (χ4v) is 9.29. The molecule has 1 fully saturated rings. The van der Waals surface area contributed by atoms with Gasteiger partial charge in [-0.3, -0.25) is 14.5 Å². The molecule has 5 aromatic rings. The average molecular weight is 775 g/mol. The number of aliphatic carboxylic acids is 1. The first-order valence-electron chi connectivity index (χ1n) is 16.8. The number of rotatable bonds is 13. The van der Waals surface area contributed by atoms with Crippen LogP contribution < -0.4 is 20.3 Å². The Kier molecular flexibility index (Phi) is 10.9. The number of carbonyl (C=O) groups is 3. The maximum Gasteiger partial charge on any atom is 0.276 e. The second kappa shape index (κ2) is 16.1. The maximum atomic E-state index is 13.8. The second-order valence-corrected chi connectivity index (χ2v) is 15.1. The van der Waals surface area contributed by atoms with Crippen molar-refractivity contribution >= 4 is 63.5 Å². The molecule has 0 spiro atoms. The predicted molar refractivity (Wildman–Crippen MR) is 208 cm³/mol. The number of aryl methyl sites for hydroxylation is 1. The van der Waals surface area contributed by atoms with Crippen LogP contribution in [0, 0.1) is 0 Å². The highest BCUT2D eigenvalue weighted by molar-refractivity contribution is 8.02. The van der Waals surface area contributed by atoms with Crippen LogP contribution >= 0.6 is 34.9 Å². The van der Waals surface area contributed by atoms with Crippen LogP contribution in [0.5, 0.6) is 0 Å². The number of carboxylic acid groups (broad SMARTS) is 1. The monoisotopic (exact) mass is 774 g/mol. The topological polar surface area (TPSA) is 140 Å². The fourth-order valence-electron chi connectivity index (χ4n) is 6.46. The quantitative estimate of drug-likeness (QED) is 0.0444. The van der Waals surface area contributed by atoms with E-state index in [0.29, 0.717) is 16.5 Å². The molecule has 0 radical (unpaired) electrons. The summed E-state index contributed by atoms with van der Waals surface area (Å²) in [6, 6.07) is 34.9. The van der Waals surface area contributed by atoms with Gasteiger partial charge in [0.1, 0.15) is 36.8 Å². The molecule has 4 heterocycles. The molecule has 3 aromatic carbocycles. The molecule has 2 aliphatic rings. The Morgan fingerprint density at radius 1 is 0.981 bits per heavy atom. The first-order chi connectivity index (χ1) is 26.3. The van der Waals surface area contributed by atoms with Crippen LogP contribution in [0.1, 0.15) is 22.4 Å². The minimum absolute atomic E-state index is 0.135. The summed E-state index contributed by atoms with van der Waals surface area (Å²) in [6.07, 6.45) is 3.60. The van der Waals surface area contributed by atoms with E-state index in [4.69, 9.17) is 9.82 Å². The number of aromatic nitrogens is 2. The number of hydrogen-bond donors (Lipinski definition) is 2. The van der Waals surface area contributed by atoms with Gasteiger partial charge >= 0.3 is 0 Å². The lowest BCUT2D eigenvalue weighted by atomic mass is 9.77. The molecule has 2 aromatic heterocycles. The van der Waals surface area contributed by atoms with Gasteiger partial charge < -0.3 is 25.4 Å². The van der Waals surface area contributed by atoms with E-state index < -0.39 is 34.7 Å². The highest BCUT2D eigenvalue weighted by atomic mass is 32.2. The molecule has 14 heteroatoms. The van der Waals surface area contributed by atoms with Crippen molar-refractivity contribution in [3.05, 3.63) is 166 Å². The van der Waals surface area contributed by atoms with Crippen molar-refractivity contribution in [1.82, 2.24) is 15.2 Å². The minimum atomic E-state index is -1.46. The molecule has 1 saturated heterocycles. The smallest absolute Gasteiger partial charge is 0.276 e. The van der Waals surface area contributed by atoms with Gasteiger partial charge in [-0.2, -0.15) is 4.57 Å². The van der Waals surface area contributed by atoms with E-state index in [1.54, 1.807) is 16.9 Å². The molecule has 2 N–H and O–H groups in total. The number of benzene rings is 3. The van der Waals surface area contributed by atoms with Crippen LogP contribution in [-0.4, -0.2) is 57.7 Å². The van der Waals surface area contributed by atoms with Crippen molar-refractivity contribution in [3.8, 4) is 0 Å². The summed E-state index contributed by atoms with van der Waals surface area (Å²) < 4.78 is 1.94. The van der Waals surface area contributed by atoms with Crippen molar-refractivity contribution < 1.29 is 28.9 Å². The van der Waals surface area contributed by atoms with Crippen LogP contribution in [0.2, 0.25) is 0 Å². The van der Waals surface area contributed by atoms with Crippen LogP contribution in [-0.2, 0) is 31.8 Å². The van der Waals surface area contributed by atoms with Crippen molar-refractivity contribution in [2.45, 2.75) is 22.0 Å². The minimum Gasteiger partial charge on any atom is -0.543 e. The van der Waals surface area contributed by atoms with Crippen molar-refractivity contribution in [1.29, 1.82) is 0 Å². The number of hydrogen-bond acceptors (Lipinski definition) is 11. The Balaban J connectivity index is 1.12. The number of amides is 2. The number of allylic oxidation sites excluding steroid dienone is 1. The number of anilines is 1. The molecule has 2 aliphatic heterocycles. The number of thioether (sulfide) groups is 2. The number of nitrogens with one attached hydrogen (secondary N) is 2. The molecular weight excluding hydrogens is 741 g/mol. The van der Waals surface area contributed by atoms with Crippen LogP contribution in [0.4, 0.5) is 5.13 Å². The van der Waals surface area contributed by atoms with Crippen molar-refractivity contribution in [2.75, 3.05) is 18.2 Å².